The summed E-state index contributed by atoms with van der Waals surface area (Å²) in [6.45, 7) is 9.34. The maximum Gasteiger partial charge on any atom is 0.497 e. The van der Waals surface area contributed by atoms with Crippen molar-refractivity contribution in [2.24, 2.45) is 0 Å². The van der Waals surface area contributed by atoms with Gasteiger partial charge in [0.2, 0.25) is 0 Å². The van der Waals surface area contributed by atoms with Crippen molar-refractivity contribution in [3.8, 4) is 0 Å². The molecular formula is C17H23BFN3O2. The molecule has 0 bridgehead atoms. The zero-order chi connectivity index (χ0) is 17.9. The second-order valence-corrected chi connectivity index (χ2v) is 7.46. The highest BCUT2D eigenvalue weighted by Crippen LogP contribution is 2.37. The molecule has 2 N–H and O–H groups in total. The Morgan fingerprint density at radius 2 is 1.75 bits per heavy atom. The number of nitrogens with one attached hydrogen (secondary N) is 2. The van der Waals surface area contributed by atoms with E-state index in [9.17, 15) is 4.39 Å². The third-order valence-corrected chi connectivity index (χ3v) is 5.18. The van der Waals surface area contributed by atoms with Gasteiger partial charge in [-0.25, -0.2) is 4.39 Å². The molecule has 3 rings (SSSR count). The number of hydrogen-bond donors (Lipinski definition) is 2. The van der Waals surface area contributed by atoms with Crippen molar-refractivity contribution >= 4 is 29.9 Å². The lowest BCUT2D eigenvalue weighted by atomic mass is 9.76. The first-order chi connectivity index (χ1) is 11.0. The van der Waals surface area contributed by atoms with E-state index in [1.807, 2.05) is 27.7 Å². The summed E-state index contributed by atoms with van der Waals surface area (Å²) < 4.78 is 26.7. The molecule has 1 aromatic rings. The first-order valence-electron chi connectivity index (χ1n) is 8.14. The predicted molar refractivity (Wildman–Crippen MR) is 94.0 cm³/mol. The Hall–Kier alpha value is -1.73. The molecule has 5 nitrogen and oxygen atoms in total. The van der Waals surface area contributed by atoms with Crippen LogP contribution in [-0.2, 0) is 15.7 Å². The summed E-state index contributed by atoms with van der Waals surface area (Å²) in [5.41, 5.74) is 0.794. The van der Waals surface area contributed by atoms with Gasteiger partial charge in [0.25, 0.3) is 0 Å². The lowest BCUT2D eigenvalue weighted by molar-refractivity contribution is 0.00578. The first kappa shape index (κ1) is 17.1. The summed E-state index contributed by atoms with van der Waals surface area (Å²) >= 11 is 0. The van der Waals surface area contributed by atoms with E-state index >= 15 is 0 Å². The monoisotopic (exact) mass is 331 g/mol. The molecule has 7 heteroatoms. The topological polar surface area (TPSA) is 69.4 Å². The van der Waals surface area contributed by atoms with Crippen LogP contribution in [0.3, 0.4) is 0 Å². The number of fused-ring (bicyclic) bond motifs is 1. The van der Waals surface area contributed by atoms with Crippen LogP contribution in [0.25, 0.3) is 0 Å². The van der Waals surface area contributed by atoms with Gasteiger partial charge in [-0.05, 0) is 52.7 Å². The highest BCUT2D eigenvalue weighted by Gasteiger charge is 2.52. The number of rotatable bonds is 1. The van der Waals surface area contributed by atoms with Crippen molar-refractivity contribution in [3.63, 3.8) is 0 Å². The molecule has 128 valence electrons. The Bertz CT molecular complexity index is 717. The fourth-order valence-corrected chi connectivity index (χ4v) is 3.08. The van der Waals surface area contributed by atoms with Gasteiger partial charge >= 0.3 is 7.12 Å². The average molecular weight is 331 g/mol. The van der Waals surface area contributed by atoms with Crippen LogP contribution in [0.1, 0.15) is 46.6 Å². The molecule has 0 saturated carbocycles. The summed E-state index contributed by atoms with van der Waals surface area (Å²) in [6, 6.07) is 3.15. The largest absolute Gasteiger partial charge is 0.497 e. The van der Waals surface area contributed by atoms with E-state index in [2.05, 4.69) is 0 Å². The van der Waals surface area contributed by atoms with E-state index < -0.39 is 24.1 Å². The van der Waals surface area contributed by atoms with Crippen molar-refractivity contribution in [2.45, 2.75) is 58.7 Å². The van der Waals surface area contributed by atoms with Crippen LogP contribution in [-0.4, -0.2) is 30.0 Å². The molecule has 0 amide bonds. The summed E-state index contributed by atoms with van der Waals surface area (Å²) in [5, 5.41) is 15.9. The third kappa shape index (κ3) is 2.56. The first-order valence-corrected chi connectivity index (χ1v) is 8.14. The van der Waals surface area contributed by atoms with Crippen molar-refractivity contribution in [1.29, 1.82) is 10.8 Å². The minimum Gasteiger partial charge on any atom is -0.399 e. The molecular weight excluding hydrogens is 308 g/mol. The lowest BCUT2D eigenvalue weighted by Gasteiger charge is -2.32. The Labute approximate surface area is 142 Å². The molecule has 0 unspecified atom stereocenters. The molecule has 2 aliphatic rings. The van der Waals surface area contributed by atoms with Gasteiger partial charge in [0, 0.05) is 11.9 Å². The van der Waals surface area contributed by atoms with Gasteiger partial charge in [-0.15, -0.1) is 0 Å². The molecule has 2 heterocycles. The number of halogens is 1. The standard InChI is InChI=1S/C17H23BFN3O2/c1-10(20)22-14-9-13(19)12(8-11(14)6-7-15(22)21)18-23-16(2,3)17(4,5)24-18/h8-9,20-21H,6-7H2,1-5H3. The number of aryl methyl sites for hydroxylation is 1. The summed E-state index contributed by atoms with van der Waals surface area (Å²) in [7, 11) is -0.754. The zero-order valence-corrected chi connectivity index (χ0v) is 14.8. The van der Waals surface area contributed by atoms with E-state index in [1.165, 1.54) is 11.0 Å². The van der Waals surface area contributed by atoms with Crippen LogP contribution in [0.4, 0.5) is 10.1 Å². The minimum absolute atomic E-state index is 0.212. The van der Waals surface area contributed by atoms with E-state index in [0.29, 0.717) is 29.8 Å². The van der Waals surface area contributed by atoms with Crippen LogP contribution in [0, 0.1) is 16.6 Å². The Morgan fingerprint density at radius 3 is 2.29 bits per heavy atom. The van der Waals surface area contributed by atoms with Crippen LogP contribution in [0.5, 0.6) is 0 Å². The summed E-state index contributed by atoms with van der Waals surface area (Å²) in [5.74, 6) is 0.0923. The highest BCUT2D eigenvalue weighted by molar-refractivity contribution is 6.62. The molecule has 0 radical (unpaired) electrons. The second kappa shape index (κ2) is 5.39. The fraction of sp³-hybridized carbons (Fsp3) is 0.529. The number of nitrogens with zero attached hydrogens (tertiary/aromatic N) is 1. The van der Waals surface area contributed by atoms with Gasteiger partial charge in [0.15, 0.2) is 0 Å². The van der Waals surface area contributed by atoms with Crippen molar-refractivity contribution in [2.75, 3.05) is 4.90 Å². The third-order valence-electron chi connectivity index (χ3n) is 5.18. The molecule has 1 saturated heterocycles. The maximum atomic E-state index is 14.8. The number of amidine groups is 2. The van der Waals surface area contributed by atoms with Crippen molar-refractivity contribution in [3.05, 3.63) is 23.5 Å². The van der Waals surface area contributed by atoms with Crippen LogP contribution < -0.4 is 10.4 Å². The molecule has 2 aliphatic heterocycles. The van der Waals surface area contributed by atoms with Crippen molar-refractivity contribution < 1.29 is 13.7 Å². The van der Waals surface area contributed by atoms with Gasteiger partial charge in [-0.2, -0.15) is 0 Å². The van der Waals surface area contributed by atoms with Crippen LogP contribution >= 0.6 is 0 Å². The Morgan fingerprint density at radius 1 is 1.17 bits per heavy atom. The van der Waals surface area contributed by atoms with Gasteiger partial charge in [0.05, 0.1) is 16.9 Å². The van der Waals surface area contributed by atoms with Gasteiger partial charge in [-0.3, -0.25) is 15.7 Å². The Balaban J connectivity index is 2.02. The number of anilines is 1. The van der Waals surface area contributed by atoms with E-state index in [0.717, 1.165) is 5.56 Å². The molecule has 0 atom stereocenters. The van der Waals surface area contributed by atoms with Crippen molar-refractivity contribution in [1.82, 2.24) is 0 Å². The number of hydrogen-bond acceptors (Lipinski definition) is 4. The molecule has 0 aromatic heterocycles. The average Bonchev–Trinajstić information content (AvgIpc) is 2.65. The van der Waals surface area contributed by atoms with E-state index in [4.69, 9.17) is 20.1 Å². The molecule has 0 aliphatic carbocycles. The lowest BCUT2D eigenvalue weighted by Crippen LogP contribution is -2.41. The molecule has 0 spiro atoms. The predicted octanol–water partition coefficient (Wildman–Crippen LogP) is 2.85. The fourth-order valence-electron chi connectivity index (χ4n) is 3.08. The maximum absolute atomic E-state index is 14.8. The second-order valence-electron chi connectivity index (χ2n) is 7.46. The smallest absolute Gasteiger partial charge is 0.399 e. The molecule has 1 aromatic carbocycles. The number of benzene rings is 1. The van der Waals surface area contributed by atoms with Crippen LogP contribution in [0.15, 0.2) is 12.1 Å². The zero-order valence-electron chi connectivity index (χ0n) is 14.8. The van der Waals surface area contributed by atoms with E-state index in [-0.39, 0.29) is 5.84 Å². The minimum atomic E-state index is -0.754. The molecule has 1 fully saturated rings. The normalized spacial score (nSPS) is 21.8. The summed E-state index contributed by atoms with van der Waals surface area (Å²) in [6.07, 6.45) is 1.17. The van der Waals surface area contributed by atoms with Gasteiger partial charge < -0.3 is 9.31 Å². The van der Waals surface area contributed by atoms with Gasteiger partial charge in [-0.1, -0.05) is 6.07 Å². The van der Waals surface area contributed by atoms with Crippen LogP contribution in [0.2, 0.25) is 0 Å². The Kier molecular flexibility index (Phi) is 3.84. The van der Waals surface area contributed by atoms with Gasteiger partial charge in [0.1, 0.15) is 17.5 Å². The molecule has 24 heavy (non-hydrogen) atoms. The van der Waals surface area contributed by atoms with E-state index in [1.54, 1.807) is 13.0 Å². The summed E-state index contributed by atoms with van der Waals surface area (Å²) in [4.78, 5) is 1.48. The highest BCUT2D eigenvalue weighted by atomic mass is 19.1. The SMILES string of the molecule is CC(=N)N1C(=N)CCc2cc(B3OC(C)(C)C(C)(C)O3)c(F)cc21. The quantitative estimate of drug-likeness (QED) is 0.472.